The normalized spacial score (nSPS) is 11.1. The first-order valence-corrected chi connectivity index (χ1v) is 7.99. The summed E-state index contributed by atoms with van der Waals surface area (Å²) >= 11 is 0. The van der Waals surface area contributed by atoms with Gasteiger partial charge < -0.3 is 15.4 Å². The maximum Gasteiger partial charge on any atom is 0.573 e. The molecule has 0 fully saturated rings. The number of aromatic nitrogens is 3. The second kappa shape index (κ2) is 7.90. The van der Waals surface area contributed by atoms with Gasteiger partial charge in [0.15, 0.2) is 0 Å². The lowest BCUT2D eigenvalue weighted by atomic mass is 10.1. The van der Waals surface area contributed by atoms with Crippen molar-refractivity contribution >= 4 is 11.8 Å². The van der Waals surface area contributed by atoms with Crippen molar-refractivity contribution in [1.29, 1.82) is 0 Å². The molecule has 0 unspecified atom stereocenters. The summed E-state index contributed by atoms with van der Waals surface area (Å²) in [5, 5.41) is 6.00. The third-order valence-electron chi connectivity index (χ3n) is 3.51. The molecule has 0 atom stereocenters. The maximum absolute atomic E-state index is 12.4. The SMILES string of the molecule is CNc1nc(NCc2cccnc2)cc(-c2cccc(OC(F)(F)F)c2)n1. The van der Waals surface area contributed by atoms with Gasteiger partial charge in [0.1, 0.15) is 11.6 Å². The van der Waals surface area contributed by atoms with Gasteiger partial charge in [-0.15, -0.1) is 13.2 Å². The predicted octanol–water partition coefficient (Wildman–Crippen LogP) is 4.09. The van der Waals surface area contributed by atoms with Crippen LogP contribution >= 0.6 is 0 Å². The first-order valence-electron chi connectivity index (χ1n) is 7.99. The van der Waals surface area contributed by atoms with Crippen LogP contribution in [0.4, 0.5) is 24.9 Å². The molecule has 6 nitrogen and oxygen atoms in total. The molecule has 0 saturated carbocycles. The van der Waals surface area contributed by atoms with Crippen LogP contribution in [0.25, 0.3) is 11.3 Å². The Morgan fingerprint density at radius 2 is 1.93 bits per heavy atom. The minimum Gasteiger partial charge on any atom is -0.406 e. The molecule has 3 rings (SSSR count). The average Bonchev–Trinajstić information content (AvgIpc) is 2.66. The molecule has 2 heterocycles. The highest BCUT2D eigenvalue weighted by Crippen LogP contribution is 2.28. The quantitative estimate of drug-likeness (QED) is 0.676. The molecular weight excluding hydrogens is 359 g/mol. The largest absolute Gasteiger partial charge is 0.573 e. The topological polar surface area (TPSA) is 72.0 Å². The van der Waals surface area contributed by atoms with E-state index < -0.39 is 6.36 Å². The average molecular weight is 375 g/mol. The number of anilines is 2. The lowest BCUT2D eigenvalue weighted by Gasteiger charge is -2.12. The minimum absolute atomic E-state index is 0.311. The lowest BCUT2D eigenvalue weighted by molar-refractivity contribution is -0.274. The van der Waals surface area contributed by atoms with Crippen LogP contribution in [0.3, 0.4) is 0 Å². The Morgan fingerprint density at radius 1 is 1.07 bits per heavy atom. The fourth-order valence-electron chi connectivity index (χ4n) is 2.35. The van der Waals surface area contributed by atoms with E-state index in [1.807, 2.05) is 12.1 Å². The third kappa shape index (κ3) is 5.30. The number of rotatable bonds is 6. The zero-order valence-corrected chi connectivity index (χ0v) is 14.3. The van der Waals surface area contributed by atoms with Crippen LogP contribution in [0, 0.1) is 0 Å². The highest BCUT2D eigenvalue weighted by atomic mass is 19.4. The molecule has 2 N–H and O–H groups in total. The van der Waals surface area contributed by atoms with Crippen molar-refractivity contribution in [2.75, 3.05) is 17.7 Å². The third-order valence-corrected chi connectivity index (χ3v) is 3.51. The van der Waals surface area contributed by atoms with E-state index in [0.717, 1.165) is 5.56 Å². The molecular formula is C18H16F3N5O. The fraction of sp³-hybridized carbons (Fsp3) is 0.167. The van der Waals surface area contributed by atoms with E-state index >= 15 is 0 Å². The number of nitrogens with zero attached hydrogens (tertiary/aromatic N) is 3. The van der Waals surface area contributed by atoms with Crippen LogP contribution < -0.4 is 15.4 Å². The van der Waals surface area contributed by atoms with Crippen LogP contribution in [0.1, 0.15) is 5.56 Å². The minimum atomic E-state index is -4.75. The van der Waals surface area contributed by atoms with Crippen LogP contribution in [0.5, 0.6) is 5.75 Å². The summed E-state index contributed by atoms with van der Waals surface area (Å²) < 4.78 is 41.3. The van der Waals surface area contributed by atoms with Crippen molar-refractivity contribution in [3.05, 3.63) is 60.4 Å². The van der Waals surface area contributed by atoms with Crippen LogP contribution in [0.15, 0.2) is 54.9 Å². The summed E-state index contributed by atoms with van der Waals surface area (Å²) in [5.41, 5.74) is 1.89. The van der Waals surface area contributed by atoms with Crippen molar-refractivity contribution in [3.63, 3.8) is 0 Å². The molecule has 0 aliphatic rings. The molecule has 0 aliphatic carbocycles. The highest BCUT2D eigenvalue weighted by Gasteiger charge is 2.31. The number of alkyl halides is 3. The molecule has 0 radical (unpaired) electrons. The number of nitrogens with one attached hydrogen (secondary N) is 2. The van der Waals surface area contributed by atoms with Crippen LogP contribution in [0.2, 0.25) is 0 Å². The zero-order chi connectivity index (χ0) is 19.3. The summed E-state index contributed by atoms with van der Waals surface area (Å²) in [6.07, 6.45) is -1.34. The van der Waals surface area contributed by atoms with Gasteiger partial charge in [-0.25, -0.2) is 4.98 Å². The van der Waals surface area contributed by atoms with Crippen LogP contribution in [-0.4, -0.2) is 28.4 Å². The molecule has 9 heteroatoms. The van der Waals surface area contributed by atoms with Gasteiger partial charge in [-0.3, -0.25) is 4.98 Å². The van der Waals surface area contributed by atoms with Gasteiger partial charge in [0.25, 0.3) is 0 Å². The van der Waals surface area contributed by atoms with Gasteiger partial charge in [0, 0.05) is 37.6 Å². The molecule has 2 aromatic heterocycles. The van der Waals surface area contributed by atoms with Crippen LogP contribution in [-0.2, 0) is 6.54 Å². The lowest BCUT2D eigenvalue weighted by Crippen LogP contribution is -2.17. The standard InChI is InChI=1S/C18H16F3N5O/c1-22-17-25-15(13-5-2-6-14(8-13)27-18(19,20)21)9-16(26-17)24-11-12-4-3-7-23-10-12/h2-10H,11H2,1H3,(H2,22,24,25,26). The maximum atomic E-state index is 12.4. The van der Waals surface area contributed by atoms with E-state index in [-0.39, 0.29) is 5.75 Å². The Kier molecular flexibility index (Phi) is 5.39. The van der Waals surface area contributed by atoms with E-state index in [1.54, 1.807) is 31.6 Å². The number of hydrogen-bond acceptors (Lipinski definition) is 6. The summed E-state index contributed by atoms with van der Waals surface area (Å²) in [7, 11) is 1.66. The number of pyridine rings is 1. The monoisotopic (exact) mass is 375 g/mol. The van der Waals surface area contributed by atoms with Crippen molar-refractivity contribution in [1.82, 2.24) is 15.0 Å². The predicted molar refractivity (Wildman–Crippen MR) is 95.3 cm³/mol. The Hall–Kier alpha value is -3.36. The fourth-order valence-corrected chi connectivity index (χ4v) is 2.35. The smallest absolute Gasteiger partial charge is 0.406 e. The molecule has 0 aliphatic heterocycles. The van der Waals surface area contributed by atoms with Gasteiger partial charge in [-0.05, 0) is 23.8 Å². The van der Waals surface area contributed by atoms with Gasteiger partial charge >= 0.3 is 6.36 Å². The van der Waals surface area contributed by atoms with E-state index in [0.29, 0.717) is 29.6 Å². The summed E-state index contributed by atoms with van der Waals surface area (Å²) in [5.74, 6) is 0.549. The van der Waals surface area contributed by atoms with E-state index in [9.17, 15) is 13.2 Å². The number of ether oxygens (including phenoxy) is 1. The van der Waals surface area contributed by atoms with Gasteiger partial charge in [0.2, 0.25) is 5.95 Å². The molecule has 0 saturated heterocycles. The Balaban J connectivity index is 1.86. The molecule has 0 spiro atoms. The van der Waals surface area contributed by atoms with Gasteiger partial charge in [-0.2, -0.15) is 4.98 Å². The summed E-state index contributed by atoms with van der Waals surface area (Å²) in [6.45, 7) is 0.491. The van der Waals surface area contributed by atoms with Crippen molar-refractivity contribution < 1.29 is 17.9 Å². The van der Waals surface area contributed by atoms with Crippen molar-refractivity contribution in [2.24, 2.45) is 0 Å². The zero-order valence-electron chi connectivity index (χ0n) is 14.3. The van der Waals surface area contributed by atoms with E-state index in [4.69, 9.17) is 0 Å². The molecule has 27 heavy (non-hydrogen) atoms. The molecule has 0 bridgehead atoms. The Bertz CT molecular complexity index is 903. The second-order valence-corrected chi connectivity index (χ2v) is 5.50. The van der Waals surface area contributed by atoms with Crippen molar-refractivity contribution in [3.8, 4) is 17.0 Å². The number of benzene rings is 1. The number of halogens is 3. The van der Waals surface area contributed by atoms with E-state index in [2.05, 4.69) is 30.3 Å². The second-order valence-electron chi connectivity index (χ2n) is 5.50. The van der Waals surface area contributed by atoms with Gasteiger partial charge in [-0.1, -0.05) is 18.2 Å². The highest BCUT2D eigenvalue weighted by molar-refractivity contribution is 5.65. The van der Waals surface area contributed by atoms with Gasteiger partial charge in [0.05, 0.1) is 5.69 Å². The molecule has 1 aromatic carbocycles. The first-order chi connectivity index (χ1) is 12.9. The molecule has 140 valence electrons. The first kappa shape index (κ1) is 18.4. The molecule has 3 aromatic rings. The van der Waals surface area contributed by atoms with Crippen molar-refractivity contribution in [2.45, 2.75) is 12.9 Å². The molecule has 0 amide bonds. The Labute approximate surface area is 153 Å². The Morgan fingerprint density at radius 3 is 2.63 bits per heavy atom. The number of hydrogen-bond donors (Lipinski definition) is 2. The van der Waals surface area contributed by atoms with E-state index in [1.165, 1.54) is 18.2 Å². The summed E-state index contributed by atoms with van der Waals surface area (Å²) in [4.78, 5) is 12.7. The summed E-state index contributed by atoms with van der Waals surface area (Å²) in [6, 6.07) is 11.0.